The summed E-state index contributed by atoms with van der Waals surface area (Å²) < 4.78 is 25.1. The van der Waals surface area contributed by atoms with Crippen LogP contribution in [0, 0.1) is 5.92 Å². The smallest absolute Gasteiger partial charge is 0.249 e. The van der Waals surface area contributed by atoms with Gasteiger partial charge < -0.3 is 5.32 Å². The third-order valence-electron chi connectivity index (χ3n) is 2.64. The Bertz CT molecular complexity index is 290. The molecule has 0 aromatic rings. The molecule has 4 nitrogen and oxygen atoms in total. The van der Waals surface area contributed by atoms with E-state index in [1.165, 1.54) is 0 Å². The highest BCUT2D eigenvalue weighted by molar-refractivity contribution is 7.89. The normalized spacial score (nSPS) is 29.6. The van der Waals surface area contributed by atoms with Crippen LogP contribution in [0.15, 0.2) is 4.40 Å². The first-order valence-electron chi connectivity index (χ1n) is 4.94. The molecule has 1 fully saturated rings. The van der Waals surface area contributed by atoms with Crippen molar-refractivity contribution in [2.24, 2.45) is 10.3 Å². The van der Waals surface area contributed by atoms with Gasteiger partial charge in [-0.15, -0.1) is 0 Å². The molecule has 0 spiro atoms. The van der Waals surface area contributed by atoms with Gasteiger partial charge in [0.2, 0.25) is 10.0 Å². The van der Waals surface area contributed by atoms with Gasteiger partial charge in [0.15, 0.2) is 0 Å². The minimum Gasteiger partial charge on any atom is -0.317 e. The highest BCUT2D eigenvalue weighted by Crippen LogP contribution is 2.22. The summed E-state index contributed by atoms with van der Waals surface area (Å²) in [6.45, 7) is 0. The summed E-state index contributed by atoms with van der Waals surface area (Å²) in [5.41, 5.74) is 0. The number of hydrogen-bond acceptors (Lipinski definition) is 3. The van der Waals surface area contributed by atoms with Crippen molar-refractivity contribution >= 4 is 16.2 Å². The standard InChI is InChI=1S/C9H18N2O2S/c1-10-9-5-3-8(4-6-9)7-11-14(2,12)13/h7-10H,3-6H2,1-2H3. The van der Waals surface area contributed by atoms with E-state index in [4.69, 9.17) is 0 Å². The van der Waals surface area contributed by atoms with Crippen molar-refractivity contribution in [1.29, 1.82) is 0 Å². The van der Waals surface area contributed by atoms with Gasteiger partial charge in [0.25, 0.3) is 0 Å². The van der Waals surface area contributed by atoms with Gasteiger partial charge in [-0.3, -0.25) is 0 Å². The van der Waals surface area contributed by atoms with Crippen LogP contribution in [-0.2, 0) is 10.0 Å². The molecule has 0 radical (unpaired) electrons. The van der Waals surface area contributed by atoms with Crippen LogP contribution in [0.3, 0.4) is 0 Å². The molecule has 0 aliphatic heterocycles. The largest absolute Gasteiger partial charge is 0.317 e. The molecule has 0 aromatic carbocycles. The maximum atomic E-state index is 10.8. The molecule has 1 N–H and O–H groups in total. The van der Waals surface area contributed by atoms with Gasteiger partial charge in [0.1, 0.15) is 0 Å². The molecular formula is C9H18N2O2S. The molecule has 0 bridgehead atoms. The topological polar surface area (TPSA) is 58.5 Å². The minimum atomic E-state index is -3.19. The van der Waals surface area contributed by atoms with Crippen molar-refractivity contribution in [3.63, 3.8) is 0 Å². The van der Waals surface area contributed by atoms with Crippen molar-refractivity contribution in [1.82, 2.24) is 5.32 Å². The summed E-state index contributed by atoms with van der Waals surface area (Å²) >= 11 is 0. The van der Waals surface area contributed by atoms with Gasteiger partial charge in [-0.2, -0.15) is 4.40 Å². The Hall–Kier alpha value is -0.420. The Labute approximate surface area is 85.9 Å². The molecule has 0 heterocycles. The van der Waals surface area contributed by atoms with Gasteiger partial charge in [0, 0.05) is 12.3 Å². The van der Waals surface area contributed by atoms with E-state index in [9.17, 15) is 8.42 Å². The number of hydrogen-bond donors (Lipinski definition) is 1. The maximum Gasteiger partial charge on any atom is 0.249 e. The van der Waals surface area contributed by atoms with Gasteiger partial charge in [-0.25, -0.2) is 8.42 Å². The molecule has 5 heteroatoms. The second-order valence-electron chi connectivity index (χ2n) is 3.89. The van der Waals surface area contributed by atoms with Crippen LogP contribution in [0.25, 0.3) is 0 Å². The third kappa shape index (κ3) is 4.19. The van der Waals surface area contributed by atoms with Crippen LogP contribution in [0.1, 0.15) is 25.7 Å². The van der Waals surface area contributed by atoms with E-state index in [0.717, 1.165) is 31.9 Å². The first-order chi connectivity index (χ1) is 6.51. The van der Waals surface area contributed by atoms with E-state index in [1.807, 2.05) is 7.05 Å². The highest BCUT2D eigenvalue weighted by Gasteiger charge is 2.18. The van der Waals surface area contributed by atoms with E-state index < -0.39 is 10.0 Å². The van der Waals surface area contributed by atoms with Crippen molar-refractivity contribution in [3.8, 4) is 0 Å². The Morgan fingerprint density at radius 2 is 1.86 bits per heavy atom. The van der Waals surface area contributed by atoms with Crippen molar-refractivity contribution in [2.45, 2.75) is 31.7 Å². The van der Waals surface area contributed by atoms with E-state index in [0.29, 0.717) is 12.0 Å². The van der Waals surface area contributed by atoms with Crippen LogP contribution in [-0.4, -0.2) is 34.0 Å². The lowest BCUT2D eigenvalue weighted by molar-refractivity contribution is 0.358. The SMILES string of the molecule is CNC1CCC(C=NS(C)(=O)=O)CC1. The van der Waals surface area contributed by atoms with Crippen LogP contribution >= 0.6 is 0 Å². The summed E-state index contributed by atoms with van der Waals surface area (Å²) in [7, 11) is -1.22. The predicted molar refractivity (Wildman–Crippen MR) is 58.1 cm³/mol. The summed E-state index contributed by atoms with van der Waals surface area (Å²) in [4.78, 5) is 0. The van der Waals surface area contributed by atoms with Crippen LogP contribution in [0.5, 0.6) is 0 Å². The molecular weight excluding hydrogens is 200 g/mol. The summed E-state index contributed by atoms with van der Waals surface area (Å²) in [5.74, 6) is 0.342. The number of nitrogens with one attached hydrogen (secondary N) is 1. The zero-order valence-electron chi connectivity index (χ0n) is 8.73. The van der Waals surface area contributed by atoms with E-state index >= 15 is 0 Å². The third-order valence-corrected chi connectivity index (χ3v) is 3.15. The van der Waals surface area contributed by atoms with E-state index in [2.05, 4.69) is 9.71 Å². The maximum absolute atomic E-state index is 10.8. The fraction of sp³-hybridized carbons (Fsp3) is 0.889. The Balaban J connectivity index is 2.40. The van der Waals surface area contributed by atoms with Gasteiger partial charge in [0.05, 0.1) is 6.26 Å². The number of rotatable bonds is 3. The van der Waals surface area contributed by atoms with Crippen LogP contribution in [0.4, 0.5) is 0 Å². The second-order valence-corrected chi connectivity index (χ2v) is 5.56. The zero-order valence-corrected chi connectivity index (χ0v) is 9.55. The monoisotopic (exact) mass is 218 g/mol. The molecule has 82 valence electrons. The van der Waals surface area contributed by atoms with E-state index in [-0.39, 0.29) is 0 Å². The molecule has 1 aliphatic rings. The lowest BCUT2D eigenvalue weighted by atomic mass is 9.87. The average molecular weight is 218 g/mol. The fourth-order valence-electron chi connectivity index (χ4n) is 1.75. The van der Waals surface area contributed by atoms with Crippen molar-refractivity contribution in [3.05, 3.63) is 0 Å². The molecule has 0 saturated heterocycles. The van der Waals surface area contributed by atoms with Crippen molar-refractivity contribution in [2.75, 3.05) is 13.3 Å². The Morgan fingerprint density at radius 1 is 1.29 bits per heavy atom. The van der Waals surface area contributed by atoms with Crippen LogP contribution < -0.4 is 5.32 Å². The van der Waals surface area contributed by atoms with Gasteiger partial charge >= 0.3 is 0 Å². The highest BCUT2D eigenvalue weighted by atomic mass is 32.2. The average Bonchev–Trinajstić information content (AvgIpc) is 2.14. The lowest BCUT2D eigenvalue weighted by Gasteiger charge is -2.25. The van der Waals surface area contributed by atoms with Crippen LogP contribution in [0.2, 0.25) is 0 Å². The lowest BCUT2D eigenvalue weighted by Crippen LogP contribution is -2.30. The van der Waals surface area contributed by atoms with E-state index in [1.54, 1.807) is 6.21 Å². The molecule has 0 amide bonds. The molecule has 0 aromatic heterocycles. The predicted octanol–water partition coefficient (Wildman–Crippen LogP) is 0.795. The molecule has 1 rings (SSSR count). The van der Waals surface area contributed by atoms with Crippen molar-refractivity contribution < 1.29 is 8.42 Å². The fourth-order valence-corrected chi connectivity index (χ4v) is 2.15. The van der Waals surface area contributed by atoms with Gasteiger partial charge in [-0.1, -0.05) is 0 Å². The molecule has 1 aliphatic carbocycles. The first-order valence-corrected chi connectivity index (χ1v) is 6.79. The Morgan fingerprint density at radius 3 is 2.29 bits per heavy atom. The molecule has 0 unspecified atom stereocenters. The molecule has 0 atom stereocenters. The number of sulfonamides is 1. The summed E-state index contributed by atoms with van der Waals surface area (Å²) in [5, 5.41) is 3.23. The first kappa shape index (κ1) is 11.7. The zero-order chi connectivity index (χ0) is 10.6. The molecule has 14 heavy (non-hydrogen) atoms. The minimum absolute atomic E-state index is 0.342. The quantitative estimate of drug-likeness (QED) is 0.713. The summed E-state index contributed by atoms with van der Waals surface area (Å²) in [6, 6.07) is 0.595. The Kier molecular flexibility index (Phi) is 4.07. The molecule has 1 saturated carbocycles. The second kappa shape index (κ2) is 4.89. The number of nitrogens with zero attached hydrogens (tertiary/aromatic N) is 1. The summed E-state index contributed by atoms with van der Waals surface area (Å²) in [6.07, 6.45) is 7.01. The van der Waals surface area contributed by atoms with Gasteiger partial charge in [-0.05, 0) is 38.6 Å².